The highest BCUT2D eigenvalue weighted by atomic mass is 19.2. The number of hydrogen-bond acceptors (Lipinski definition) is 1. The lowest BCUT2D eigenvalue weighted by atomic mass is 9.92. The van der Waals surface area contributed by atoms with E-state index >= 15 is 0 Å². The van der Waals surface area contributed by atoms with Crippen molar-refractivity contribution < 1.29 is 8.78 Å². The summed E-state index contributed by atoms with van der Waals surface area (Å²) in [6.07, 6.45) is 0.990. The molecule has 2 aromatic rings. The Bertz CT molecular complexity index is 627. The maximum atomic E-state index is 13.7. The number of benzene rings is 2. The van der Waals surface area contributed by atoms with Gasteiger partial charge in [-0.1, -0.05) is 29.8 Å². The SMILES string of the molecule is Cc1cc(C)c(CC(N)Cc2cccc(F)c2F)c(C)c1. The molecular formula is C18H21F2N. The minimum absolute atomic E-state index is 0.235. The summed E-state index contributed by atoms with van der Waals surface area (Å²) < 4.78 is 26.9. The van der Waals surface area contributed by atoms with Gasteiger partial charge in [-0.05, 0) is 61.9 Å². The van der Waals surface area contributed by atoms with Crippen LogP contribution in [-0.2, 0) is 12.8 Å². The molecule has 2 rings (SSSR count). The van der Waals surface area contributed by atoms with Gasteiger partial charge in [0.25, 0.3) is 0 Å². The summed E-state index contributed by atoms with van der Waals surface area (Å²) >= 11 is 0. The molecule has 0 amide bonds. The molecule has 0 aromatic heterocycles. The van der Waals surface area contributed by atoms with E-state index in [0.29, 0.717) is 18.4 Å². The molecule has 0 bridgehead atoms. The van der Waals surface area contributed by atoms with Crippen LogP contribution in [0.15, 0.2) is 30.3 Å². The van der Waals surface area contributed by atoms with Gasteiger partial charge in [-0.25, -0.2) is 8.78 Å². The monoisotopic (exact) mass is 289 g/mol. The van der Waals surface area contributed by atoms with Crippen LogP contribution in [-0.4, -0.2) is 6.04 Å². The normalized spacial score (nSPS) is 12.5. The molecule has 0 aliphatic carbocycles. The zero-order valence-corrected chi connectivity index (χ0v) is 12.7. The maximum absolute atomic E-state index is 13.7. The zero-order valence-electron chi connectivity index (χ0n) is 12.7. The Morgan fingerprint density at radius 3 is 2.24 bits per heavy atom. The second-order valence-electron chi connectivity index (χ2n) is 5.76. The van der Waals surface area contributed by atoms with E-state index in [1.165, 1.54) is 28.3 Å². The van der Waals surface area contributed by atoms with Crippen LogP contribution in [0.1, 0.15) is 27.8 Å². The van der Waals surface area contributed by atoms with Crippen molar-refractivity contribution in [3.8, 4) is 0 Å². The molecule has 0 spiro atoms. The minimum Gasteiger partial charge on any atom is -0.327 e. The Balaban J connectivity index is 2.16. The van der Waals surface area contributed by atoms with Gasteiger partial charge in [0, 0.05) is 6.04 Å². The van der Waals surface area contributed by atoms with Crippen LogP contribution in [0.5, 0.6) is 0 Å². The van der Waals surface area contributed by atoms with Crippen molar-refractivity contribution in [3.05, 3.63) is 69.8 Å². The predicted octanol–water partition coefficient (Wildman–Crippen LogP) is 4.00. The molecule has 0 radical (unpaired) electrons. The van der Waals surface area contributed by atoms with Crippen LogP contribution in [0.4, 0.5) is 8.78 Å². The number of hydrogen-bond donors (Lipinski definition) is 1. The van der Waals surface area contributed by atoms with Crippen molar-refractivity contribution >= 4 is 0 Å². The van der Waals surface area contributed by atoms with Crippen LogP contribution >= 0.6 is 0 Å². The van der Waals surface area contributed by atoms with Crippen LogP contribution in [0, 0.1) is 32.4 Å². The topological polar surface area (TPSA) is 26.0 Å². The molecule has 1 atom stereocenters. The third-order valence-electron chi connectivity index (χ3n) is 3.82. The summed E-state index contributed by atoms with van der Waals surface area (Å²) in [6, 6.07) is 8.24. The van der Waals surface area contributed by atoms with Crippen LogP contribution < -0.4 is 5.73 Å². The Hall–Kier alpha value is -1.74. The van der Waals surface area contributed by atoms with Crippen molar-refractivity contribution in [2.45, 2.75) is 39.7 Å². The Kier molecular flexibility index (Phi) is 4.73. The fourth-order valence-electron chi connectivity index (χ4n) is 2.85. The molecule has 0 aliphatic heterocycles. The van der Waals surface area contributed by atoms with E-state index in [2.05, 4.69) is 32.9 Å². The first-order valence-corrected chi connectivity index (χ1v) is 7.13. The second-order valence-corrected chi connectivity index (χ2v) is 5.76. The Labute approximate surface area is 124 Å². The van der Waals surface area contributed by atoms with E-state index in [0.717, 1.165) is 6.07 Å². The summed E-state index contributed by atoms with van der Waals surface area (Å²) in [5, 5.41) is 0. The summed E-state index contributed by atoms with van der Waals surface area (Å²) in [4.78, 5) is 0. The second kappa shape index (κ2) is 6.35. The van der Waals surface area contributed by atoms with E-state index in [1.54, 1.807) is 6.07 Å². The molecule has 0 aliphatic rings. The minimum atomic E-state index is -0.817. The predicted molar refractivity (Wildman–Crippen MR) is 82.4 cm³/mol. The third kappa shape index (κ3) is 3.67. The molecule has 1 unspecified atom stereocenters. The maximum Gasteiger partial charge on any atom is 0.162 e. The summed E-state index contributed by atoms with van der Waals surface area (Å²) in [6.45, 7) is 6.18. The van der Waals surface area contributed by atoms with Gasteiger partial charge >= 0.3 is 0 Å². The first-order valence-electron chi connectivity index (χ1n) is 7.13. The number of rotatable bonds is 4. The molecule has 0 heterocycles. The van der Waals surface area contributed by atoms with Gasteiger partial charge in [0.15, 0.2) is 11.6 Å². The molecule has 0 saturated heterocycles. The highest BCUT2D eigenvalue weighted by Crippen LogP contribution is 2.20. The van der Waals surface area contributed by atoms with Crippen molar-refractivity contribution in [3.63, 3.8) is 0 Å². The van der Waals surface area contributed by atoms with Gasteiger partial charge in [-0.2, -0.15) is 0 Å². The van der Waals surface area contributed by atoms with E-state index in [-0.39, 0.29) is 6.04 Å². The summed E-state index contributed by atoms with van der Waals surface area (Å²) in [5.74, 6) is -1.60. The molecule has 3 heteroatoms. The average molecular weight is 289 g/mol. The lowest BCUT2D eigenvalue weighted by molar-refractivity contribution is 0.492. The van der Waals surface area contributed by atoms with E-state index in [4.69, 9.17) is 5.73 Å². The van der Waals surface area contributed by atoms with E-state index in [9.17, 15) is 8.78 Å². The molecule has 21 heavy (non-hydrogen) atoms. The smallest absolute Gasteiger partial charge is 0.162 e. The summed E-state index contributed by atoms with van der Waals surface area (Å²) in [5.41, 5.74) is 11.3. The average Bonchev–Trinajstić information content (AvgIpc) is 2.39. The van der Waals surface area contributed by atoms with E-state index < -0.39 is 11.6 Å². The van der Waals surface area contributed by atoms with Crippen molar-refractivity contribution in [2.24, 2.45) is 5.73 Å². The molecule has 0 fully saturated rings. The fourth-order valence-corrected chi connectivity index (χ4v) is 2.85. The molecule has 2 aromatic carbocycles. The first kappa shape index (κ1) is 15.6. The highest BCUT2D eigenvalue weighted by Gasteiger charge is 2.14. The number of aryl methyl sites for hydroxylation is 3. The van der Waals surface area contributed by atoms with Crippen LogP contribution in [0.3, 0.4) is 0 Å². The third-order valence-corrected chi connectivity index (χ3v) is 3.82. The number of halogens is 2. The first-order chi connectivity index (χ1) is 9.88. The molecular weight excluding hydrogens is 268 g/mol. The van der Waals surface area contributed by atoms with Crippen molar-refractivity contribution in [1.82, 2.24) is 0 Å². The largest absolute Gasteiger partial charge is 0.327 e. The van der Waals surface area contributed by atoms with Gasteiger partial charge in [-0.3, -0.25) is 0 Å². The fraction of sp³-hybridized carbons (Fsp3) is 0.333. The van der Waals surface area contributed by atoms with Gasteiger partial charge < -0.3 is 5.73 Å². The van der Waals surface area contributed by atoms with Crippen molar-refractivity contribution in [1.29, 1.82) is 0 Å². The highest BCUT2D eigenvalue weighted by molar-refractivity contribution is 5.38. The van der Waals surface area contributed by atoms with E-state index in [1.807, 2.05) is 0 Å². The summed E-state index contributed by atoms with van der Waals surface area (Å²) in [7, 11) is 0. The Morgan fingerprint density at radius 1 is 1.00 bits per heavy atom. The van der Waals surface area contributed by atoms with Gasteiger partial charge in [0.2, 0.25) is 0 Å². The van der Waals surface area contributed by atoms with Crippen molar-refractivity contribution in [2.75, 3.05) is 0 Å². The molecule has 2 N–H and O–H groups in total. The van der Waals surface area contributed by atoms with Gasteiger partial charge in [-0.15, -0.1) is 0 Å². The molecule has 1 nitrogen and oxygen atoms in total. The molecule has 0 saturated carbocycles. The van der Waals surface area contributed by atoms with Gasteiger partial charge in [0.1, 0.15) is 0 Å². The zero-order chi connectivity index (χ0) is 15.6. The number of nitrogens with two attached hydrogens (primary N) is 1. The van der Waals surface area contributed by atoms with Gasteiger partial charge in [0.05, 0.1) is 0 Å². The lowest BCUT2D eigenvalue weighted by Gasteiger charge is -2.17. The molecule has 112 valence electrons. The quantitative estimate of drug-likeness (QED) is 0.904. The lowest BCUT2D eigenvalue weighted by Crippen LogP contribution is -2.27. The Morgan fingerprint density at radius 2 is 1.62 bits per heavy atom. The van der Waals surface area contributed by atoms with Crippen LogP contribution in [0.25, 0.3) is 0 Å². The standard InChI is InChI=1S/C18H21F2N/c1-11-7-12(2)16(13(3)8-11)10-15(21)9-14-5-4-6-17(19)18(14)20/h4-8,15H,9-10,21H2,1-3H3. The van der Waals surface area contributed by atoms with Crippen LogP contribution in [0.2, 0.25) is 0 Å².